The summed E-state index contributed by atoms with van der Waals surface area (Å²) in [6, 6.07) is 12.0. The summed E-state index contributed by atoms with van der Waals surface area (Å²) in [6.07, 6.45) is 0. The molecule has 1 heterocycles. The Morgan fingerprint density at radius 2 is 1.68 bits per heavy atom. The molecule has 0 aromatic heterocycles. The van der Waals surface area contributed by atoms with Gasteiger partial charge in [0.25, 0.3) is 0 Å². The second kappa shape index (κ2) is 4.23. The first-order valence-electron chi connectivity index (χ1n) is 6.47. The van der Waals surface area contributed by atoms with Gasteiger partial charge in [-0.3, -0.25) is 4.79 Å². The molecule has 0 fully saturated rings. The molecule has 0 spiro atoms. The van der Waals surface area contributed by atoms with Gasteiger partial charge in [0.05, 0.1) is 0 Å². The predicted molar refractivity (Wildman–Crippen MR) is 74.6 cm³/mol. The summed E-state index contributed by atoms with van der Waals surface area (Å²) in [5, 5.41) is 0. The van der Waals surface area contributed by atoms with Crippen molar-refractivity contribution in [1.29, 1.82) is 0 Å². The smallest absolute Gasteiger partial charge is 0.323 e. The van der Waals surface area contributed by atoms with E-state index in [0.717, 1.165) is 33.6 Å². The first-order chi connectivity index (χ1) is 9.09. The van der Waals surface area contributed by atoms with Crippen molar-refractivity contribution in [1.82, 2.24) is 0 Å². The average molecular weight is 252 g/mol. The fraction of sp³-hybridized carbons (Fsp3) is 0.235. The highest BCUT2D eigenvalue weighted by atomic mass is 16.5. The monoisotopic (exact) mass is 252 g/mol. The molecular weight excluding hydrogens is 236 g/mol. The molecule has 2 aromatic carbocycles. The van der Waals surface area contributed by atoms with Gasteiger partial charge >= 0.3 is 5.97 Å². The fourth-order valence-corrected chi connectivity index (χ4v) is 2.79. The molecule has 0 N–H and O–H groups in total. The molecule has 2 aromatic rings. The number of esters is 1. The van der Waals surface area contributed by atoms with Gasteiger partial charge in [0.15, 0.2) is 0 Å². The Bertz CT molecular complexity index is 657. The zero-order valence-corrected chi connectivity index (χ0v) is 11.4. The molecule has 0 radical (unpaired) electrons. The van der Waals surface area contributed by atoms with E-state index in [1.165, 1.54) is 0 Å². The fourth-order valence-electron chi connectivity index (χ4n) is 2.79. The van der Waals surface area contributed by atoms with Gasteiger partial charge in [-0.2, -0.15) is 0 Å². The number of benzene rings is 2. The van der Waals surface area contributed by atoms with Crippen LogP contribution in [-0.4, -0.2) is 5.97 Å². The summed E-state index contributed by atoms with van der Waals surface area (Å²) in [5.41, 5.74) is 5.37. The van der Waals surface area contributed by atoms with E-state index < -0.39 is 0 Å². The normalized spacial score (nSPS) is 17.2. The number of carbonyl (C=O) groups excluding carboxylic acids is 1. The van der Waals surface area contributed by atoms with Gasteiger partial charge in [0, 0.05) is 5.56 Å². The summed E-state index contributed by atoms with van der Waals surface area (Å²) in [5.74, 6) is 0.310. The van der Waals surface area contributed by atoms with E-state index in [-0.39, 0.29) is 11.9 Å². The van der Waals surface area contributed by atoms with Crippen LogP contribution < -0.4 is 4.74 Å². The second-order valence-electron chi connectivity index (χ2n) is 5.14. The van der Waals surface area contributed by atoms with E-state index in [9.17, 15) is 4.79 Å². The van der Waals surface area contributed by atoms with Crippen molar-refractivity contribution >= 4 is 5.97 Å². The molecule has 2 nitrogen and oxygen atoms in total. The Labute approximate surface area is 113 Å². The van der Waals surface area contributed by atoms with Crippen molar-refractivity contribution in [3.05, 3.63) is 64.2 Å². The Hall–Kier alpha value is -2.09. The lowest BCUT2D eigenvalue weighted by molar-refractivity contribution is -0.133. The summed E-state index contributed by atoms with van der Waals surface area (Å²) in [4.78, 5) is 12.2. The van der Waals surface area contributed by atoms with Crippen LogP contribution in [0.5, 0.6) is 5.75 Å². The number of fused-ring (bicyclic) bond motifs is 1. The molecule has 96 valence electrons. The first kappa shape index (κ1) is 12.0. The van der Waals surface area contributed by atoms with Crippen LogP contribution in [0.2, 0.25) is 0 Å². The maximum absolute atomic E-state index is 12.2. The number of carbonyl (C=O) groups is 1. The molecule has 2 heteroatoms. The number of ether oxygens (including phenoxy) is 1. The van der Waals surface area contributed by atoms with Gasteiger partial charge in [0.2, 0.25) is 0 Å². The van der Waals surface area contributed by atoms with Crippen molar-refractivity contribution in [3.63, 3.8) is 0 Å². The topological polar surface area (TPSA) is 26.3 Å². The molecule has 3 rings (SSSR count). The van der Waals surface area contributed by atoms with Gasteiger partial charge < -0.3 is 4.74 Å². The number of hydrogen-bond donors (Lipinski definition) is 0. The molecule has 1 aliphatic rings. The van der Waals surface area contributed by atoms with Crippen LogP contribution in [0, 0.1) is 20.8 Å². The highest BCUT2D eigenvalue weighted by molar-refractivity contribution is 5.91. The van der Waals surface area contributed by atoms with Crippen molar-refractivity contribution in [2.24, 2.45) is 0 Å². The van der Waals surface area contributed by atoms with Crippen LogP contribution in [0.15, 0.2) is 36.4 Å². The van der Waals surface area contributed by atoms with E-state index in [1.807, 2.05) is 51.1 Å². The van der Waals surface area contributed by atoms with Crippen molar-refractivity contribution < 1.29 is 9.53 Å². The van der Waals surface area contributed by atoms with Gasteiger partial charge in [-0.05, 0) is 43.0 Å². The van der Waals surface area contributed by atoms with Crippen LogP contribution in [0.1, 0.15) is 33.7 Å². The maximum atomic E-state index is 12.2. The number of rotatable bonds is 1. The van der Waals surface area contributed by atoms with Crippen LogP contribution >= 0.6 is 0 Å². The van der Waals surface area contributed by atoms with E-state index in [4.69, 9.17) is 4.74 Å². The van der Waals surface area contributed by atoms with Gasteiger partial charge in [0.1, 0.15) is 11.7 Å². The summed E-state index contributed by atoms with van der Waals surface area (Å²) in [7, 11) is 0. The minimum Gasteiger partial charge on any atom is -0.425 e. The predicted octanol–water partition coefficient (Wildman–Crippen LogP) is 3.66. The molecule has 0 bridgehead atoms. The number of aryl methyl sites for hydroxylation is 2. The lowest BCUT2D eigenvalue weighted by Crippen LogP contribution is -2.11. The summed E-state index contributed by atoms with van der Waals surface area (Å²) >= 11 is 0. The summed E-state index contributed by atoms with van der Waals surface area (Å²) in [6.45, 7) is 6.10. The highest BCUT2D eigenvalue weighted by Gasteiger charge is 2.37. The minimum atomic E-state index is -0.282. The largest absolute Gasteiger partial charge is 0.425 e. The molecule has 1 unspecified atom stereocenters. The van der Waals surface area contributed by atoms with Crippen LogP contribution in [0.4, 0.5) is 0 Å². The van der Waals surface area contributed by atoms with Crippen molar-refractivity contribution in [3.8, 4) is 5.75 Å². The molecule has 0 saturated carbocycles. The van der Waals surface area contributed by atoms with E-state index in [2.05, 4.69) is 6.07 Å². The second-order valence-corrected chi connectivity index (χ2v) is 5.14. The van der Waals surface area contributed by atoms with Crippen LogP contribution in [0.3, 0.4) is 0 Å². The maximum Gasteiger partial charge on any atom is 0.323 e. The van der Waals surface area contributed by atoms with Crippen molar-refractivity contribution in [2.45, 2.75) is 26.7 Å². The molecule has 19 heavy (non-hydrogen) atoms. The van der Waals surface area contributed by atoms with E-state index >= 15 is 0 Å². The SMILES string of the molecule is Cc1cc(C)c2c(c1C)OC(=O)C2c1ccccc1. The molecule has 1 atom stereocenters. The minimum absolute atomic E-state index is 0.169. The lowest BCUT2D eigenvalue weighted by atomic mass is 9.87. The van der Waals surface area contributed by atoms with Crippen molar-refractivity contribution in [2.75, 3.05) is 0 Å². The Kier molecular flexibility index (Phi) is 2.67. The van der Waals surface area contributed by atoms with Gasteiger partial charge in [-0.15, -0.1) is 0 Å². The Balaban J connectivity index is 2.23. The Morgan fingerprint density at radius 1 is 1.00 bits per heavy atom. The third-order valence-electron chi connectivity index (χ3n) is 3.89. The third kappa shape index (κ3) is 1.75. The quantitative estimate of drug-likeness (QED) is 0.572. The molecule has 0 amide bonds. The third-order valence-corrected chi connectivity index (χ3v) is 3.89. The summed E-state index contributed by atoms with van der Waals surface area (Å²) < 4.78 is 5.53. The first-order valence-corrected chi connectivity index (χ1v) is 6.47. The molecule has 0 aliphatic carbocycles. The number of hydrogen-bond acceptors (Lipinski definition) is 2. The van der Waals surface area contributed by atoms with Crippen LogP contribution in [0.25, 0.3) is 0 Å². The van der Waals surface area contributed by atoms with Crippen LogP contribution in [-0.2, 0) is 4.79 Å². The van der Waals surface area contributed by atoms with Gasteiger partial charge in [-0.25, -0.2) is 0 Å². The zero-order valence-electron chi connectivity index (χ0n) is 11.4. The van der Waals surface area contributed by atoms with Gasteiger partial charge in [-0.1, -0.05) is 36.4 Å². The Morgan fingerprint density at radius 3 is 2.37 bits per heavy atom. The zero-order chi connectivity index (χ0) is 13.6. The highest BCUT2D eigenvalue weighted by Crippen LogP contribution is 2.44. The molecule has 0 saturated heterocycles. The average Bonchev–Trinajstić information content (AvgIpc) is 2.75. The molecular formula is C17H16O2. The molecule has 1 aliphatic heterocycles. The van der Waals surface area contributed by atoms with E-state index in [0.29, 0.717) is 0 Å². The standard InChI is InChI=1S/C17H16O2/c1-10-9-11(2)14-15(13-7-5-4-6-8-13)17(18)19-16(14)12(10)3/h4-9,15H,1-3H3. The van der Waals surface area contributed by atoms with E-state index in [1.54, 1.807) is 0 Å². The lowest BCUT2D eigenvalue weighted by Gasteiger charge is -2.12.